The van der Waals surface area contributed by atoms with Gasteiger partial charge in [0.05, 0.1) is 12.0 Å². The van der Waals surface area contributed by atoms with Gasteiger partial charge in [-0.1, -0.05) is 19.9 Å². The van der Waals surface area contributed by atoms with Gasteiger partial charge in [-0.15, -0.1) is 0 Å². The Balaban J connectivity index is 2.17. The molecule has 2 N–H and O–H groups in total. The average molecular weight is 289 g/mol. The SMILES string of the molecule is CC(C)C(C)(CC(=O)O)NC(=O)c1ccc2c(c1)CCC2. The largest absolute Gasteiger partial charge is 0.481 e. The van der Waals surface area contributed by atoms with Crippen LogP contribution >= 0.6 is 0 Å². The van der Waals surface area contributed by atoms with E-state index in [9.17, 15) is 9.59 Å². The minimum Gasteiger partial charge on any atom is -0.481 e. The fourth-order valence-electron chi connectivity index (χ4n) is 2.75. The number of aryl methyl sites for hydroxylation is 2. The molecule has 0 heterocycles. The van der Waals surface area contributed by atoms with Gasteiger partial charge in [0, 0.05) is 5.56 Å². The van der Waals surface area contributed by atoms with Crippen molar-refractivity contribution >= 4 is 11.9 Å². The number of hydrogen-bond donors (Lipinski definition) is 2. The molecule has 1 aromatic carbocycles. The summed E-state index contributed by atoms with van der Waals surface area (Å²) >= 11 is 0. The molecular weight excluding hydrogens is 266 g/mol. The van der Waals surface area contributed by atoms with Crippen LogP contribution in [0.1, 0.15) is 55.1 Å². The third-order valence-corrected chi connectivity index (χ3v) is 4.55. The Labute approximate surface area is 125 Å². The highest BCUT2D eigenvalue weighted by Gasteiger charge is 2.33. The molecule has 1 aromatic rings. The van der Waals surface area contributed by atoms with Crippen LogP contribution in [-0.4, -0.2) is 22.5 Å². The molecule has 2 rings (SSSR count). The van der Waals surface area contributed by atoms with E-state index in [4.69, 9.17) is 5.11 Å². The average Bonchev–Trinajstić information content (AvgIpc) is 2.84. The van der Waals surface area contributed by atoms with Crippen molar-refractivity contribution in [2.24, 2.45) is 5.92 Å². The highest BCUT2D eigenvalue weighted by atomic mass is 16.4. The molecule has 0 saturated carbocycles. The van der Waals surface area contributed by atoms with Crippen molar-refractivity contribution < 1.29 is 14.7 Å². The predicted molar refractivity (Wildman–Crippen MR) is 81.4 cm³/mol. The topological polar surface area (TPSA) is 66.4 Å². The van der Waals surface area contributed by atoms with Crippen molar-refractivity contribution in [1.29, 1.82) is 0 Å². The zero-order chi connectivity index (χ0) is 15.6. The molecule has 4 nitrogen and oxygen atoms in total. The summed E-state index contributed by atoms with van der Waals surface area (Å²) in [5.74, 6) is -1.06. The van der Waals surface area contributed by atoms with Crippen molar-refractivity contribution in [2.45, 2.75) is 52.0 Å². The maximum Gasteiger partial charge on any atom is 0.305 e. The van der Waals surface area contributed by atoms with Crippen LogP contribution in [0, 0.1) is 5.92 Å². The van der Waals surface area contributed by atoms with E-state index in [1.807, 2.05) is 32.0 Å². The summed E-state index contributed by atoms with van der Waals surface area (Å²) in [5, 5.41) is 12.0. The molecule has 0 fully saturated rings. The zero-order valence-electron chi connectivity index (χ0n) is 12.9. The molecule has 1 aliphatic rings. The lowest BCUT2D eigenvalue weighted by atomic mass is 9.85. The predicted octanol–water partition coefficient (Wildman–Crippen LogP) is 2.79. The molecule has 0 radical (unpaired) electrons. The van der Waals surface area contributed by atoms with Gasteiger partial charge in [-0.2, -0.15) is 0 Å². The van der Waals surface area contributed by atoms with Gasteiger partial charge in [0.2, 0.25) is 0 Å². The normalized spacial score (nSPS) is 16.4. The first-order valence-corrected chi connectivity index (χ1v) is 7.48. The molecule has 0 aliphatic heterocycles. The molecule has 1 atom stereocenters. The number of rotatable bonds is 5. The van der Waals surface area contributed by atoms with Crippen LogP contribution in [0.2, 0.25) is 0 Å². The van der Waals surface area contributed by atoms with Gasteiger partial charge in [-0.3, -0.25) is 9.59 Å². The third-order valence-electron chi connectivity index (χ3n) is 4.55. The Kier molecular flexibility index (Phi) is 4.35. The lowest BCUT2D eigenvalue weighted by molar-refractivity contribution is -0.138. The van der Waals surface area contributed by atoms with Crippen LogP contribution in [0.25, 0.3) is 0 Å². The first-order valence-electron chi connectivity index (χ1n) is 7.48. The fraction of sp³-hybridized carbons (Fsp3) is 0.529. The van der Waals surface area contributed by atoms with Gasteiger partial charge >= 0.3 is 5.97 Å². The van der Waals surface area contributed by atoms with Crippen molar-refractivity contribution in [3.63, 3.8) is 0 Å². The van der Waals surface area contributed by atoms with Crippen LogP contribution in [0.4, 0.5) is 0 Å². The molecule has 0 bridgehead atoms. The summed E-state index contributed by atoms with van der Waals surface area (Å²) in [5.41, 5.74) is 2.44. The second-order valence-corrected chi connectivity index (χ2v) is 6.43. The quantitative estimate of drug-likeness (QED) is 0.876. The number of carboxylic acid groups (broad SMARTS) is 1. The summed E-state index contributed by atoms with van der Waals surface area (Å²) in [7, 11) is 0. The van der Waals surface area contributed by atoms with Crippen LogP contribution in [0.5, 0.6) is 0 Å². The van der Waals surface area contributed by atoms with Gasteiger partial charge in [0.25, 0.3) is 5.91 Å². The van der Waals surface area contributed by atoms with Gasteiger partial charge in [-0.25, -0.2) is 0 Å². The van der Waals surface area contributed by atoms with E-state index >= 15 is 0 Å². The Morgan fingerprint density at radius 3 is 2.57 bits per heavy atom. The van der Waals surface area contributed by atoms with Gasteiger partial charge < -0.3 is 10.4 Å². The van der Waals surface area contributed by atoms with Crippen LogP contribution in [0.15, 0.2) is 18.2 Å². The van der Waals surface area contributed by atoms with E-state index in [0.29, 0.717) is 5.56 Å². The smallest absolute Gasteiger partial charge is 0.305 e. The van der Waals surface area contributed by atoms with E-state index < -0.39 is 11.5 Å². The maximum atomic E-state index is 12.4. The van der Waals surface area contributed by atoms with E-state index in [1.165, 1.54) is 11.1 Å². The molecule has 21 heavy (non-hydrogen) atoms. The van der Waals surface area contributed by atoms with Gasteiger partial charge in [0.1, 0.15) is 0 Å². The van der Waals surface area contributed by atoms with E-state index in [1.54, 1.807) is 6.92 Å². The molecule has 0 spiro atoms. The fourth-order valence-corrected chi connectivity index (χ4v) is 2.75. The highest BCUT2D eigenvalue weighted by molar-refractivity contribution is 5.95. The van der Waals surface area contributed by atoms with Crippen LogP contribution < -0.4 is 5.32 Å². The lowest BCUT2D eigenvalue weighted by Gasteiger charge is -2.33. The monoisotopic (exact) mass is 289 g/mol. The maximum absolute atomic E-state index is 12.4. The number of hydrogen-bond acceptors (Lipinski definition) is 2. The first kappa shape index (κ1) is 15.5. The Morgan fingerprint density at radius 2 is 1.95 bits per heavy atom. The Morgan fingerprint density at radius 1 is 1.29 bits per heavy atom. The molecule has 0 aromatic heterocycles. The molecule has 1 unspecified atom stereocenters. The van der Waals surface area contributed by atoms with Crippen molar-refractivity contribution in [1.82, 2.24) is 5.32 Å². The van der Waals surface area contributed by atoms with Crippen molar-refractivity contribution in [3.05, 3.63) is 34.9 Å². The van der Waals surface area contributed by atoms with Crippen LogP contribution in [0.3, 0.4) is 0 Å². The molecule has 114 valence electrons. The lowest BCUT2D eigenvalue weighted by Crippen LogP contribution is -2.51. The third kappa shape index (κ3) is 3.43. The number of amides is 1. The highest BCUT2D eigenvalue weighted by Crippen LogP contribution is 2.25. The number of nitrogens with one attached hydrogen (secondary N) is 1. The second kappa shape index (κ2) is 5.88. The Hall–Kier alpha value is -1.84. The molecule has 4 heteroatoms. The van der Waals surface area contributed by atoms with Gasteiger partial charge in [-0.05, 0) is 55.4 Å². The van der Waals surface area contributed by atoms with E-state index in [0.717, 1.165) is 19.3 Å². The minimum absolute atomic E-state index is 0.0342. The number of carbonyl (C=O) groups is 2. The van der Waals surface area contributed by atoms with Crippen molar-refractivity contribution in [2.75, 3.05) is 0 Å². The summed E-state index contributed by atoms with van der Waals surface area (Å²) in [6, 6.07) is 5.79. The minimum atomic E-state index is -0.902. The molecule has 1 aliphatic carbocycles. The number of benzene rings is 1. The summed E-state index contributed by atoms with van der Waals surface area (Å²) in [4.78, 5) is 23.5. The standard InChI is InChI=1S/C17H23NO3/c1-11(2)17(3,10-15(19)20)18-16(21)14-8-7-12-5-4-6-13(12)9-14/h7-9,11H,4-6,10H2,1-3H3,(H,18,21)(H,19,20). The van der Waals surface area contributed by atoms with Crippen LogP contribution in [-0.2, 0) is 17.6 Å². The van der Waals surface area contributed by atoms with E-state index in [-0.39, 0.29) is 18.2 Å². The zero-order valence-corrected chi connectivity index (χ0v) is 12.9. The number of aliphatic carboxylic acids is 1. The van der Waals surface area contributed by atoms with Crippen molar-refractivity contribution in [3.8, 4) is 0 Å². The summed E-state index contributed by atoms with van der Waals surface area (Å²) in [6.07, 6.45) is 3.16. The summed E-state index contributed by atoms with van der Waals surface area (Å²) in [6.45, 7) is 5.63. The number of carboxylic acids is 1. The molecule has 1 amide bonds. The number of carbonyl (C=O) groups excluding carboxylic acids is 1. The van der Waals surface area contributed by atoms with E-state index in [2.05, 4.69) is 5.32 Å². The second-order valence-electron chi connectivity index (χ2n) is 6.43. The molecular formula is C17H23NO3. The first-order chi connectivity index (χ1) is 9.82. The molecule has 0 saturated heterocycles. The Bertz CT molecular complexity index is 565. The summed E-state index contributed by atoms with van der Waals surface area (Å²) < 4.78 is 0. The van der Waals surface area contributed by atoms with Gasteiger partial charge in [0.15, 0.2) is 0 Å². The number of fused-ring (bicyclic) bond motifs is 1.